The molecule has 0 saturated carbocycles. The van der Waals surface area contributed by atoms with Crippen molar-refractivity contribution in [2.75, 3.05) is 0 Å². The van der Waals surface area contributed by atoms with Crippen LogP contribution in [0.1, 0.15) is 0 Å². The molecular formula is C16H8Br2Cl5N4O3P. The Morgan fingerprint density at radius 1 is 0.839 bits per heavy atom. The van der Waals surface area contributed by atoms with Crippen LogP contribution in [0.3, 0.4) is 0 Å². The number of aromatic nitrogens is 4. The lowest BCUT2D eigenvalue weighted by atomic mass is 10.2. The number of halogens is 7. The van der Waals surface area contributed by atoms with Gasteiger partial charge in [0.15, 0.2) is 0 Å². The third-order valence-corrected chi connectivity index (χ3v) is 5.09. The molecule has 2 N–H and O–H groups in total. The van der Waals surface area contributed by atoms with Crippen LogP contribution in [-0.2, 0) is 4.57 Å². The van der Waals surface area contributed by atoms with Crippen LogP contribution >= 0.6 is 94.0 Å². The monoisotopic (exact) mass is 668 g/mol. The van der Waals surface area contributed by atoms with Gasteiger partial charge in [0.1, 0.15) is 5.15 Å². The van der Waals surface area contributed by atoms with Crippen molar-refractivity contribution in [3.63, 3.8) is 0 Å². The lowest BCUT2D eigenvalue weighted by Gasteiger charge is -2.00. The Morgan fingerprint density at radius 3 is 2.00 bits per heavy atom. The Morgan fingerprint density at radius 2 is 1.39 bits per heavy atom. The van der Waals surface area contributed by atoms with Crippen LogP contribution in [0.2, 0.25) is 10.4 Å². The van der Waals surface area contributed by atoms with Crippen molar-refractivity contribution >= 4 is 116 Å². The fourth-order valence-corrected chi connectivity index (χ4v) is 3.57. The summed E-state index contributed by atoms with van der Waals surface area (Å²) in [4.78, 5) is 34.8. The smallest absolute Gasteiger partial charge is 0.306 e. The summed E-state index contributed by atoms with van der Waals surface area (Å²) in [6, 6.07) is 10.7. The van der Waals surface area contributed by atoms with Crippen LogP contribution in [0, 0.1) is 0 Å². The molecule has 0 amide bonds. The van der Waals surface area contributed by atoms with Gasteiger partial charge in [-0.15, -0.1) is 0 Å². The summed E-state index contributed by atoms with van der Waals surface area (Å²) in [6.07, 6.45) is 0. The van der Waals surface area contributed by atoms with Gasteiger partial charge in [0.25, 0.3) is 5.56 Å². The Hall–Kier alpha value is -0.640. The molecule has 0 bridgehead atoms. The number of benzene rings is 2. The van der Waals surface area contributed by atoms with Crippen molar-refractivity contribution in [3.05, 3.63) is 76.6 Å². The Labute approximate surface area is 215 Å². The molecule has 0 radical (unpaired) electrons. The summed E-state index contributed by atoms with van der Waals surface area (Å²) in [5.41, 5.74) is 0.383. The predicted molar refractivity (Wildman–Crippen MR) is 135 cm³/mol. The minimum atomic E-state index is -3.22. The number of fused-ring (bicyclic) bond motifs is 2. The first kappa shape index (κ1) is 26.6. The summed E-state index contributed by atoms with van der Waals surface area (Å²) in [6.45, 7) is 0. The minimum Gasteiger partial charge on any atom is -0.306 e. The van der Waals surface area contributed by atoms with Gasteiger partial charge in [-0.2, -0.15) is 0 Å². The van der Waals surface area contributed by atoms with Crippen molar-refractivity contribution in [2.24, 2.45) is 0 Å². The van der Waals surface area contributed by atoms with Gasteiger partial charge in [-0.25, -0.2) is 14.8 Å². The average Bonchev–Trinajstić information content (AvgIpc) is 2.63. The molecule has 0 spiro atoms. The molecule has 2 heterocycles. The molecule has 4 rings (SSSR count). The molecule has 15 heteroatoms. The van der Waals surface area contributed by atoms with Crippen LogP contribution < -0.4 is 11.2 Å². The first-order valence-electron chi connectivity index (χ1n) is 7.74. The number of hydrogen-bond donors (Lipinski definition) is 2. The SMILES string of the molecule is Clc1nc(Cl)c2cccc(Br)c2n1.O=P(Cl)(Cl)Cl.O=c1[nH]c(=O)c2cccc(Br)c2[nH]1. The molecule has 0 fully saturated rings. The number of H-pyrrole nitrogens is 2. The van der Waals surface area contributed by atoms with Crippen molar-refractivity contribution < 1.29 is 4.57 Å². The second kappa shape index (κ2) is 11.5. The van der Waals surface area contributed by atoms with Gasteiger partial charge in [-0.05, 0) is 101 Å². The normalized spacial score (nSPS) is 10.8. The van der Waals surface area contributed by atoms with E-state index in [-0.39, 0.29) is 10.8 Å². The van der Waals surface area contributed by atoms with Crippen LogP contribution in [0.15, 0.2) is 54.9 Å². The lowest BCUT2D eigenvalue weighted by Crippen LogP contribution is -2.21. The molecule has 31 heavy (non-hydrogen) atoms. The molecule has 0 saturated heterocycles. The van der Waals surface area contributed by atoms with Crippen molar-refractivity contribution in [1.82, 2.24) is 19.9 Å². The van der Waals surface area contributed by atoms with Gasteiger partial charge in [-0.3, -0.25) is 14.3 Å². The quantitative estimate of drug-likeness (QED) is 0.114. The molecule has 2 aromatic carbocycles. The average molecular weight is 672 g/mol. The Balaban J connectivity index is 0.000000182. The summed E-state index contributed by atoms with van der Waals surface area (Å²) in [5.74, 6) is 0. The number of para-hydroxylation sites is 2. The topological polar surface area (TPSA) is 109 Å². The summed E-state index contributed by atoms with van der Waals surface area (Å²) in [7, 11) is 0. The van der Waals surface area contributed by atoms with Gasteiger partial charge in [-0.1, -0.05) is 23.7 Å². The number of rotatable bonds is 0. The highest BCUT2D eigenvalue weighted by molar-refractivity contribution is 9.11. The van der Waals surface area contributed by atoms with E-state index in [1.807, 2.05) is 18.2 Å². The first-order chi connectivity index (χ1) is 14.4. The molecule has 7 nitrogen and oxygen atoms in total. The van der Waals surface area contributed by atoms with Gasteiger partial charge in [0, 0.05) is 14.3 Å². The number of hydrogen-bond acceptors (Lipinski definition) is 5. The van der Waals surface area contributed by atoms with Crippen LogP contribution in [-0.4, -0.2) is 19.9 Å². The van der Waals surface area contributed by atoms with E-state index < -0.39 is 10.9 Å². The van der Waals surface area contributed by atoms with Crippen LogP contribution in [0.4, 0.5) is 0 Å². The maximum atomic E-state index is 11.3. The minimum absolute atomic E-state index is 0.157. The molecule has 2 aromatic heterocycles. The van der Waals surface area contributed by atoms with E-state index >= 15 is 0 Å². The highest BCUT2D eigenvalue weighted by Crippen LogP contribution is 2.61. The van der Waals surface area contributed by atoms with Crippen LogP contribution in [0.25, 0.3) is 21.8 Å². The van der Waals surface area contributed by atoms with E-state index in [1.165, 1.54) is 0 Å². The molecule has 0 aliphatic heterocycles. The predicted octanol–water partition coefficient (Wildman–Crippen LogP) is 7.49. The van der Waals surface area contributed by atoms with Crippen molar-refractivity contribution in [1.29, 1.82) is 0 Å². The fourth-order valence-electron chi connectivity index (χ4n) is 2.21. The summed E-state index contributed by atoms with van der Waals surface area (Å²) < 4.78 is 11.1. The first-order valence-corrected chi connectivity index (χ1v) is 14.5. The molecule has 0 aliphatic rings. The maximum absolute atomic E-state index is 11.3. The van der Waals surface area contributed by atoms with E-state index in [0.29, 0.717) is 20.5 Å². The van der Waals surface area contributed by atoms with E-state index in [0.717, 1.165) is 15.4 Å². The zero-order chi connectivity index (χ0) is 23.3. The highest BCUT2D eigenvalue weighted by Gasteiger charge is 2.06. The highest BCUT2D eigenvalue weighted by atomic mass is 79.9. The van der Waals surface area contributed by atoms with Crippen molar-refractivity contribution in [2.45, 2.75) is 0 Å². The molecule has 0 aliphatic carbocycles. The van der Waals surface area contributed by atoms with Gasteiger partial charge in [0.2, 0.25) is 5.28 Å². The van der Waals surface area contributed by atoms with Gasteiger partial charge < -0.3 is 4.98 Å². The van der Waals surface area contributed by atoms with Gasteiger partial charge in [0.05, 0.1) is 16.4 Å². The number of nitrogens with zero attached hydrogens (tertiary/aromatic N) is 2. The molecule has 0 atom stereocenters. The van der Waals surface area contributed by atoms with Gasteiger partial charge >= 0.3 is 10.9 Å². The fraction of sp³-hybridized carbons (Fsp3) is 0. The second-order valence-corrected chi connectivity index (χ2v) is 14.4. The Bertz CT molecular complexity index is 1400. The third-order valence-electron chi connectivity index (χ3n) is 3.33. The van der Waals surface area contributed by atoms with E-state index in [9.17, 15) is 14.2 Å². The maximum Gasteiger partial charge on any atom is 0.339 e. The van der Waals surface area contributed by atoms with E-state index in [1.54, 1.807) is 18.2 Å². The molecule has 164 valence electrons. The van der Waals surface area contributed by atoms with E-state index in [2.05, 4.69) is 85.5 Å². The summed E-state index contributed by atoms with van der Waals surface area (Å²) >= 11 is 32.0. The standard InChI is InChI=1S/C8H3BrCl2N2.C8H5BrN2O2.Cl3OP/c9-5-3-1-2-4-6(5)12-8(11)13-7(4)10;9-5-3-1-2-4-6(5)10-8(13)11-7(4)12;1-5(2,3)4/h1-3H;1-3H,(H2,10,11,12,13);. The van der Waals surface area contributed by atoms with Crippen molar-refractivity contribution in [3.8, 4) is 0 Å². The third kappa shape index (κ3) is 8.33. The number of aromatic amines is 2. The molecule has 4 aromatic rings. The number of nitrogens with one attached hydrogen (secondary N) is 2. The Kier molecular flexibility index (Phi) is 9.85. The zero-order valence-corrected chi connectivity index (χ0v) is 22.5. The molecule has 0 unspecified atom stereocenters. The van der Waals surface area contributed by atoms with E-state index in [4.69, 9.17) is 23.2 Å². The molecular weight excluding hydrogens is 664 g/mol. The second-order valence-electron chi connectivity index (χ2n) is 5.39. The lowest BCUT2D eigenvalue weighted by molar-refractivity contribution is 0.600. The zero-order valence-electron chi connectivity index (χ0n) is 14.7. The summed E-state index contributed by atoms with van der Waals surface area (Å²) in [5, 5.41) is -1.44. The largest absolute Gasteiger partial charge is 0.339 e. The van der Waals surface area contributed by atoms with Crippen LogP contribution in [0.5, 0.6) is 0 Å².